The summed E-state index contributed by atoms with van der Waals surface area (Å²) in [5, 5.41) is 0. The Morgan fingerprint density at radius 3 is 2.64 bits per heavy atom. The van der Waals surface area contributed by atoms with Gasteiger partial charge >= 0.3 is 0 Å². The number of primary amides is 1. The summed E-state index contributed by atoms with van der Waals surface area (Å²) in [5.74, 6) is -1.42. The van der Waals surface area contributed by atoms with Crippen LogP contribution in [0.2, 0.25) is 0 Å². The Morgan fingerprint density at radius 1 is 1.50 bits per heavy atom. The first-order chi connectivity index (χ1) is 6.56. The van der Waals surface area contributed by atoms with Gasteiger partial charge in [-0.15, -0.1) is 0 Å². The molecule has 0 unspecified atom stereocenters. The molecule has 2 nitrogen and oxygen atoms in total. The second kappa shape index (κ2) is 3.87. The van der Waals surface area contributed by atoms with E-state index < -0.39 is 11.7 Å². The standard InChI is InChI=1S/C11H10FNO/c1-3-7(2)8-4-5-10(12)9(6-8)11(13)14/h3-6H,1-2H2,(H2,13,14). The third-order valence-corrected chi connectivity index (χ3v) is 1.85. The number of hydrogen-bond donors (Lipinski definition) is 1. The largest absolute Gasteiger partial charge is 0.366 e. The second-order valence-electron chi connectivity index (χ2n) is 2.79. The summed E-state index contributed by atoms with van der Waals surface area (Å²) >= 11 is 0. The molecule has 0 aliphatic rings. The number of allylic oxidation sites excluding steroid dienone is 2. The number of halogens is 1. The normalized spacial score (nSPS) is 9.50. The van der Waals surface area contributed by atoms with E-state index in [-0.39, 0.29) is 5.56 Å². The van der Waals surface area contributed by atoms with Crippen LogP contribution in [0, 0.1) is 5.82 Å². The van der Waals surface area contributed by atoms with Crippen LogP contribution in [0.4, 0.5) is 4.39 Å². The fraction of sp³-hybridized carbons (Fsp3) is 0. The van der Waals surface area contributed by atoms with Crippen molar-refractivity contribution in [3.05, 3.63) is 54.4 Å². The van der Waals surface area contributed by atoms with Crippen molar-refractivity contribution in [3.63, 3.8) is 0 Å². The SMILES string of the molecule is C=CC(=C)c1ccc(F)c(C(N)=O)c1. The fourth-order valence-corrected chi connectivity index (χ4v) is 1.03. The van der Waals surface area contributed by atoms with Crippen molar-refractivity contribution in [2.75, 3.05) is 0 Å². The third-order valence-electron chi connectivity index (χ3n) is 1.85. The highest BCUT2D eigenvalue weighted by molar-refractivity contribution is 5.94. The van der Waals surface area contributed by atoms with Gasteiger partial charge in [-0.2, -0.15) is 0 Å². The lowest BCUT2D eigenvalue weighted by atomic mass is 10.0. The molecule has 0 aliphatic heterocycles. The maximum atomic E-state index is 13.0. The fourth-order valence-electron chi connectivity index (χ4n) is 1.03. The summed E-state index contributed by atoms with van der Waals surface area (Å²) in [6.45, 7) is 7.21. The van der Waals surface area contributed by atoms with Crippen molar-refractivity contribution in [3.8, 4) is 0 Å². The lowest BCUT2D eigenvalue weighted by Gasteiger charge is -2.03. The zero-order chi connectivity index (χ0) is 10.7. The maximum Gasteiger partial charge on any atom is 0.251 e. The first-order valence-corrected chi connectivity index (χ1v) is 3.97. The number of hydrogen-bond acceptors (Lipinski definition) is 1. The smallest absolute Gasteiger partial charge is 0.251 e. The molecule has 3 heteroatoms. The summed E-state index contributed by atoms with van der Waals surface area (Å²) in [6.07, 6.45) is 1.53. The Kier molecular flexibility index (Phi) is 2.82. The van der Waals surface area contributed by atoms with Crippen LogP contribution in [-0.2, 0) is 0 Å². The van der Waals surface area contributed by atoms with Crippen LogP contribution in [0.25, 0.3) is 5.57 Å². The summed E-state index contributed by atoms with van der Waals surface area (Å²) in [7, 11) is 0. The Hall–Kier alpha value is -1.90. The zero-order valence-corrected chi connectivity index (χ0v) is 7.59. The van der Waals surface area contributed by atoms with Crippen LogP contribution < -0.4 is 5.73 Å². The van der Waals surface area contributed by atoms with E-state index in [1.807, 2.05) is 0 Å². The molecule has 72 valence electrons. The van der Waals surface area contributed by atoms with Crippen molar-refractivity contribution >= 4 is 11.5 Å². The summed E-state index contributed by atoms with van der Waals surface area (Å²) in [6, 6.07) is 4.07. The van der Waals surface area contributed by atoms with E-state index in [2.05, 4.69) is 13.2 Å². The molecule has 1 aromatic carbocycles. The highest BCUT2D eigenvalue weighted by atomic mass is 19.1. The first kappa shape index (κ1) is 10.2. The Balaban J connectivity index is 3.25. The minimum absolute atomic E-state index is 0.134. The van der Waals surface area contributed by atoms with Crippen LogP contribution in [0.15, 0.2) is 37.4 Å². The highest BCUT2D eigenvalue weighted by Gasteiger charge is 2.09. The van der Waals surface area contributed by atoms with Gasteiger partial charge in [-0.3, -0.25) is 4.79 Å². The first-order valence-electron chi connectivity index (χ1n) is 3.97. The van der Waals surface area contributed by atoms with Crippen molar-refractivity contribution < 1.29 is 9.18 Å². The van der Waals surface area contributed by atoms with E-state index in [1.54, 1.807) is 0 Å². The van der Waals surface area contributed by atoms with Gasteiger partial charge in [-0.25, -0.2) is 4.39 Å². The van der Waals surface area contributed by atoms with Crippen LogP contribution in [-0.4, -0.2) is 5.91 Å². The topological polar surface area (TPSA) is 43.1 Å². The molecule has 1 amide bonds. The van der Waals surface area contributed by atoms with Crippen molar-refractivity contribution in [1.82, 2.24) is 0 Å². The van der Waals surface area contributed by atoms with Gasteiger partial charge in [0.15, 0.2) is 0 Å². The minimum atomic E-state index is -0.791. The van der Waals surface area contributed by atoms with Crippen LogP contribution in [0.5, 0.6) is 0 Å². The molecule has 0 atom stereocenters. The van der Waals surface area contributed by atoms with Gasteiger partial charge < -0.3 is 5.73 Å². The average molecular weight is 191 g/mol. The van der Waals surface area contributed by atoms with E-state index in [9.17, 15) is 9.18 Å². The van der Waals surface area contributed by atoms with Crippen LogP contribution in [0.3, 0.4) is 0 Å². The number of carbonyl (C=O) groups excluding carboxylic acids is 1. The average Bonchev–Trinajstić information content (AvgIpc) is 2.17. The van der Waals surface area contributed by atoms with E-state index in [4.69, 9.17) is 5.73 Å². The number of rotatable bonds is 3. The quantitative estimate of drug-likeness (QED) is 0.730. The van der Waals surface area contributed by atoms with Crippen LogP contribution >= 0.6 is 0 Å². The Bertz CT molecular complexity index is 410. The van der Waals surface area contributed by atoms with Gasteiger partial charge in [0.1, 0.15) is 5.82 Å². The van der Waals surface area contributed by atoms with E-state index in [0.717, 1.165) is 0 Å². The van der Waals surface area contributed by atoms with E-state index >= 15 is 0 Å². The molecule has 0 saturated heterocycles. The molecule has 0 aromatic heterocycles. The van der Waals surface area contributed by atoms with Gasteiger partial charge in [0, 0.05) is 0 Å². The number of nitrogens with two attached hydrogens (primary N) is 1. The van der Waals surface area contributed by atoms with Crippen molar-refractivity contribution in [2.45, 2.75) is 0 Å². The molecule has 0 spiro atoms. The van der Waals surface area contributed by atoms with Gasteiger partial charge in [0.2, 0.25) is 0 Å². The van der Waals surface area contributed by atoms with Gasteiger partial charge in [0.25, 0.3) is 5.91 Å². The number of benzene rings is 1. The lowest BCUT2D eigenvalue weighted by molar-refractivity contribution is 0.0996. The number of amides is 1. The molecule has 1 rings (SSSR count). The third kappa shape index (κ3) is 1.88. The van der Waals surface area contributed by atoms with Crippen molar-refractivity contribution in [1.29, 1.82) is 0 Å². The molecule has 0 radical (unpaired) electrons. The monoisotopic (exact) mass is 191 g/mol. The van der Waals surface area contributed by atoms with Gasteiger partial charge in [-0.05, 0) is 23.3 Å². The molecule has 1 aromatic rings. The molecular weight excluding hydrogens is 181 g/mol. The molecule has 0 saturated carbocycles. The summed E-state index contributed by atoms with van der Waals surface area (Å²) in [4.78, 5) is 10.8. The van der Waals surface area contributed by atoms with Gasteiger partial charge in [0.05, 0.1) is 5.56 Å². The molecule has 2 N–H and O–H groups in total. The molecule has 0 fully saturated rings. The van der Waals surface area contributed by atoms with Gasteiger partial charge in [-0.1, -0.05) is 25.3 Å². The molecule has 0 aliphatic carbocycles. The predicted molar refractivity (Wildman–Crippen MR) is 54.1 cm³/mol. The van der Waals surface area contributed by atoms with Crippen LogP contribution in [0.1, 0.15) is 15.9 Å². The molecule has 14 heavy (non-hydrogen) atoms. The molecule has 0 bridgehead atoms. The Morgan fingerprint density at radius 2 is 2.14 bits per heavy atom. The molecular formula is C11H10FNO. The lowest BCUT2D eigenvalue weighted by Crippen LogP contribution is -2.13. The highest BCUT2D eigenvalue weighted by Crippen LogP contribution is 2.17. The predicted octanol–water partition coefficient (Wildman–Crippen LogP) is 2.12. The molecule has 0 heterocycles. The Labute approximate surface area is 81.5 Å². The second-order valence-corrected chi connectivity index (χ2v) is 2.79. The summed E-state index contributed by atoms with van der Waals surface area (Å²) < 4.78 is 13.0. The van der Waals surface area contributed by atoms with E-state index in [1.165, 1.54) is 24.3 Å². The van der Waals surface area contributed by atoms with Crippen molar-refractivity contribution in [2.24, 2.45) is 5.73 Å². The summed E-state index contributed by atoms with van der Waals surface area (Å²) in [5.41, 5.74) is 6.11. The van der Waals surface area contributed by atoms with E-state index in [0.29, 0.717) is 11.1 Å². The maximum absolute atomic E-state index is 13.0. The minimum Gasteiger partial charge on any atom is -0.366 e. The number of carbonyl (C=O) groups is 1. The zero-order valence-electron chi connectivity index (χ0n) is 7.59.